The Kier molecular flexibility index (Phi) is 3.20. The van der Waals surface area contributed by atoms with E-state index in [1.165, 1.54) is 16.0 Å². The highest BCUT2D eigenvalue weighted by molar-refractivity contribution is 5.54. The third-order valence-electron chi connectivity index (χ3n) is 3.38. The molecule has 21 heavy (non-hydrogen) atoms. The number of non-ortho nitro benzene ring substituents is 1. The second-order valence-corrected chi connectivity index (χ2v) is 4.66. The lowest BCUT2D eigenvalue weighted by Gasteiger charge is -2.19. The molecule has 1 unspecified atom stereocenters. The van der Waals surface area contributed by atoms with Crippen molar-refractivity contribution in [2.45, 2.75) is 12.5 Å². The van der Waals surface area contributed by atoms with Crippen LogP contribution in [0.4, 0.5) is 20.2 Å². The van der Waals surface area contributed by atoms with Gasteiger partial charge in [-0.25, -0.2) is 8.78 Å². The first-order valence-electron chi connectivity index (χ1n) is 6.17. The van der Waals surface area contributed by atoms with Gasteiger partial charge in [-0.3, -0.25) is 10.1 Å². The van der Waals surface area contributed by atoms with Crippen LogP contribution < -0.4 is 4.90 Å². The minimum Gasteiger partial charge on any atom is -0.364 e. The summed E-state index contributed by atoms with van der Waals surface area (Å²) in [5.74, 6) is -1.90. The number of anilines is 1. The summed E-state index contributed by atoms with van der Waals surface area (Å²) in [4.78, 5) is 12.6. The number of halogens is 2. The largest absolute Gasteiger partial charge is 0.364 e. The van der Waals surface area contributed by atoms with Crippen LogP contribution in [0, 0.1) is 21.7 Å². The molecule has 1 fully saturated rings. The molecule has 8 nitrogen and oxygen atoms in total. The number of benzene rings is 1. The van der Waals surface area contributed by atoms with Crippen LogP contribution in [0.3, 0.4) is 0 Å². The van der Waals surface area contributed by atoms with Crippen molar-refractivity contribution in [2.24, 2.45) is 0 Å². The topological polar surface area (TPSA) is 90.0 Å². The van der Waals surface area contributed by atoms with Gasteiger partial charge in [-0.05, 0) is 11.6 Å². The maximum absolute atomic E-state index is 14.0. The highest BCUT2D eigenvalue weighted by atomic mass is 19.1. The number of hydrogen-bond donors (Lipinski definition) is 0. The molecule has 0 bridgehead atoms. The molecule has 1 aromatic heterocycles. The van der Waals surface area contributed by atoms with Gasteiger partial charge in [0.2, 0.25) is 0 Å². The van der Waals surface area contributed by atoms with E-state index in [0.717, 1.165) is 12.1 Å². The Morgan fingerprint density at radius 1 is 1.33 bits per heavy atom. The van der Waals surface area contributed by atoms with Gasteiger partial charge in [0.25, 0.3) is 5.69 Å². The van der Waals surface area contributed by atoms with Crippen LogP contribution in [0.2, 0.25) is 0 Å². The molecular formula is C11H10F2N6O2. The molecule has 2 aromatic rings. The summed E-state index contributed by atoms with van der Waals surface area (Å²) in [6, 6.07) is 1.31. The molecule has 0 saturated carbocycles. The molecular weight excluding hydrogens is 286 g/mol. The van der Waals surface area contributed by atoms with Gasteiger partial charge in [-0.2, -0.15) is 4.80 Å². The summed E-state index contributed by atoms with van der Waals surface area (Å²) >= 11 is 0. The molecule has 3 rings (SSSR count). The van der Waals surface area contributed by atoms with Crippen molar-refractivity contribution in [3.8, 4) is 0 Å². The summed E-state index contributed by atoms with van der Waals surface area (Å²) in [6.45, 7) is 0.708. The molecule has 0 radical (unpaired) electrons. The molecule has 0 amide bonds. The van der Waals surface area contributed by atoms with E-state index in [0.29, 0.717) is 19.5 Å². The minimum atomic E-state index is -0.950. The maximum Gasteiger partial charge on any atom is 0.275 e. The van der Waals surface area contributed by atoms with Gasteiger partial charge in [0.1, 0.15) is 5.69 Å². The number of nitro benzene ring substituents is 1. The van der Waals surface area contributed by atoms with Crippen molar-refractivity contribution in [2.75, 3.05) is 18.0 Å². The van der Waals surface area contributed by atoms with Crippen LogP contribution in [0.5, 0.6) is 0 Å². The molecule has 2 heterocycles. The lowest BCUT2D eigenvalue weighted by atomic mass is 10.2. The molecule has 0 spiro atoms. The highest BCUT2D eigenvalue weighted by Crippen LogP contribution is 2.32. The SMILES string of the molecule is O=[N+]([O-])c1cc(F)c(N2CCC(n3ncnn3)C2)c(F)c1. The lowest BCUT2D eigenvalue weighted by molar-refractivity contribution is -0.385. The van der Waals surface area contributed by atoms with Gasteiger partial charge in [-0.1, -0.05) is 0 Å². The van der Waals surface area contributed by atoms with Crippen molar-refractivity contribution in [3.05, 3.63) is 40.2 Å². The van der Waals surface area contributed by atoms with Crippen LogP contribution in [-0.4, -0.2) is 38.2 Å². The fourth-order valence-corrected chi connectivity index (χ4v) is 2.44. The molecule has 1 atom stereocenters. The summed E-state index contributed by atoms with van der Waals surface area (Å²) < 4.78 is 27.9. The average Bonchev–Trinajstić information content (AvgIpc) is 3.08. The first-order chi connectivity index (χ1) is 10.1. The predicted molar refractivity (Wildman–Crippen MR) is 66.7 cm³/mol. The van der Waals surface area contributed by atoms with Gasteiger partial charge in [-0.15, -0.1) is 10.2 Å². The third-order valence-corrected chi connectivity index (χ3v) is 3.38. The van der Waals surface area contributed by atoms with Gasteiger partial charge in [0.15, 0.2) is 18.0 Å². The summed E-state index contributed by atoms with van der Waals surface area (Å²) in [7, 11) is 0. The van der Waals surface area contributed by atoms with Crippen molar-refractivity contribution in [1.29, 1.82) is 0 Å². The zero-order chi connectivity index (χ0) is 15.0. The Bertz CT molecular complexity index is 654. The average molecular weight is 296 g/mol. The summed E-state index contributed by atoms with van der Waals surface area (Å²) in [6.07, 6.45) is 1.89. The molecule has 1 aliphatic rings. The number of aromatic nitrogens is 4. The molecule has 1 saturated heterocycles. The summed E-state index contributed by atoms with van der Waals surface area (Å²) in [5.41, 5.74) is -0.870. The van der Waals surface area contributed by atoms with Crippen LogP contribution in [0.25, 0.3) is 0 Å². The standard InChI is InChI=1S/C11H10F2N6O2/c12-9-3-8(19(20)21)4-10(13)11(9)17-2-1-7(5-17)18-15-6-14-16-18/h3-4,6-7H,1-2,5H2. The van der Waals surface area contributed by atoms with Gasteiger partial charge in [0.05, 0.1) is 23.1 Å². The summed E-state index contributed by atoms with van der Waals surface area (Å²) in [5, 5.41) is 21.8. The smallest absolute Gasteiger partial charge is 0.275 e. The fraction of sp³-hybridized carbons (Fsp3) is 0.364. The van der Waals surface area contributed by atoms with Crippen molar-refractivity contribution in [3.63, 3.8) is 0 Å². The van der Waals surface area contributed by atoms with E-state index in [-0.39, 0.29) is 11.7 Å². The lowest BCUT2D eigenvalue weighted by Crippen LogP contribution is -2.24. The van der Waals surface area contributed by atoms with E-state index in [1.54, 1.807) is 0 Å². The first kappa shape index (κ1) is 13.3. The minimum absolute atomic E-state index is 0.138. The quantitative estimate of drug-likeness (QED) is 0.626. The number of nitrogens with zero attached hydrogens (tertiary/aromatic N) is 6. The molecule has 0 N–H and O–H groups in total. The Labute approximate surface area is 117 Å². The molecule has 1 aromatic carbocycles. The second kappa shape index (κ2) is 5.04. The number of rotatable bonds is 3. The Balaban J connectivity index is 1.87. The van der Waals surface area contributed by atoms with Gasteiger partial charge >= 0.3 is 0 Å². The van der Waals surface area contributed by atoms with Crippen LogP contribution in [-0.2, 0) is 0 Å². The number of nitro groups is 1. The van der Waals surface area contributed by atoms with Crippen molar-refractivity contribution in [1.82, 2.24) is 20.2 Å². The molecule has 10 heteroatoms. The van der Waals surface area contributed by atoms with Crippen LogP contribution in [0.1, 0.15) is 12.5 Å². The third kappa shape index (κ3) is 2.39. The fourth-order valence-electron chi connectivity index (χ4n) is 2.44. The zero-order valence-electron chi connectivity index (χ0n) is 10.7. The van der Waals surface area contributed by atoms with E-state index >= 15 is 0 Å². The van der Waals surface area contributed by atoms with E-state index in [2.05, 4.69) is 15.4 Å². The predicted octanol–water partition coefficient (Wildman–Crippen LogP) is 1.31. The monoisotopic (exact) mass is 296 g/mol. The molecule has 1 aliphatic heterocycles. The Morgan fingerprint density at radius 3 is 2.62 bits per heavy atom. The van der Waals surface area contributed by atoms with E-state index in [1.807, 2.05) is 0 Å². The zero-order valence-corrected chi connectivity index (χ0v) is 10.7. The van der Waals surface area contributed by atoms with Gasteiger partial charge in [0, 0.05) is 13.1 Å². The van der Waals surface area contributed by atoms with Crippen molar-refractivity contribution >= 4 is 11.4 Å². The normalized spacial score (nSPS) is 18.2. The van der Waals surface area contributed by atoms with E-state index in [4.69, 9.17) is 0 Å². The first-order valence-corrected chi connectivity index (χ1v) is 6.17. The number of tetrazole rings is 1. The van der Waals surface area contributed by atoms with Crippen molar-refractivity contribution < 1.29 is 13.7 Å². The maximum atomic E-state index is 14.0. The highest BCUT2D eigenvalue weighted by Gasteiger charge is 2.30. The van der Waals surface area contributed by atoms with Crippen LogP contribution in [0.15, 0.2) is 18.5 Å². The molecule has 110 valence electrons. The van der Waals surface area contributed by atoms with Gasteiger partial charge < -0.3 is 4.90 Å². The van der Waals surface area contributed by atoms with Crippen LogP contribution >= 0.6 is 0 Å². The Hall–Kier alpha value is -2.65. The number of hydrogen-bond acceptors (Lipinski definition) is 6. The van der Waals surface area contributed by atoms with E-state index < -0.39 is 22.2 Å². The Morgan fingerprint density at radius 2 is 2.05 bits per heavy atom. The van der Waals surface area contributed by atoms with E-state index in [9.17, 15) is 18.9 Å². The molecule has 0 aliphatic carbocycles. The second-order valence-electron chi connectivity index (χ2n) is 4.66.